The Morgan fingerprint density at radius 1 is 1.05 bits per heavy atom. The van der Waals surface area contributed by atoms with Gasteiger partial charge in [0, 0.05) is 43.3 Å². The van der Waals surface area contributed by atoms with Crippen LogP contribution < -0.4 is 29.3 Å². The number of amides is 1. The Labute approximate surface area is 254 Å². The summed E-state index contributed by atoms with van der Waals surface area (Å²) in [4.78, 5) is 33.2. The van der Waals surface area contributed by atoms with Gasteiger partial charge in [-0.25, -0.2) is 14.8 Å². The molecule has 218 valence electrons. The summed E-state index contributed by atoms with van der Waals surface area (Å²) in [5, 5.41) is 14.0. The zero-order valence-electron chi connectivity index (χ0n) is 24.1. The van der Waals surface area contributed by atoms with Gasteiger partial charge in [0.15, 0.2) is 0 Å². The molecule has 0 radical (unpaired) electrons. The first-order valence-electron chi connectivity index (χ1n) is 13.3. The Balaban J connectivity index is 0.00000484. The normalized spacial score (nSPS) is 15.2. The van der Waals surface area contributed by atoms with E-state index in [-0.39, 0.29) is 61.8 Å². The molecule has 12 heteroatoms. The third-order valence-electron chi connectivity index (χ3n) is 6.74. The number of rotatable bonds is 8. The number of carboxylic acids is 1. The van der Waals surface area contributed by atoms with E-state index < -0.39 is 23.3 Å². The number of alkyl halides is 3. The largest absolute Gasteiger partial charge is 1.00 e. The van der Waals surface area contributed by atoms with Crippen LogP contribution in [0.15, 0.2) is 54.7 Å². The molecule has 1 saturated heterocycles. The molecule has 1 atom stereocenters. The molecule has 2 aromatic carbocycles. The fourth-order valence-electron chi connectivity index (χ4n) is 4.78. The molecule has 1 aromatic heterocycles. The van der Waals surface area contributed by atoms with Gasteiger partial charge in [0.2, 0.25) is 5.95 Å². The summed E-state index contributed by atoms with van der Waals surface area (Å²) in [6.07, 6.45) is -3.65. The van der Waals surface area contributed by atoms with Gasteiger partial charge < -0.3 is 24.9 Å². The summed E-state index contributed by atoms with van der Waals surface area (Å²) in [6.45, 7) is 6.62. The molecule has 1 aliphatic heterocycles. The van der Waals surface area contributed by atoms with Crippen molar-refractivity contribution in [3.8, 4) is 0 Å². The molecular weight excluding hydrogens is 544 g/mol. The summed E-state index contributed by atoms with van der Waals surface area (Å²) in [6, 6.07) is 14.1. The van der Waals surface area contributed by atoms with Crippen molar-refractivity contribution in [2.75, 3.05) is 18.4 Å². The van der Waals surface area contributed by atoms with Crippen LogP contribution in [0, 0.1) is 0 Å². The Bertz CT molecular complexity index is 1390. The maximum absolute atomic E-state index is 13.7. The van der Waals surface area contributed by atoms with E-state index in [1.54, 1.807) is 41.3 Å². The van der Waals surface area contributed by atoms with E-state index in [2.05, 4.69) is 15.3 Å². The first-order valence-corrected chi connectivity index (χ1v) is 13.3. The molecule has 1 fully saturated rings. The average Bonchev–Trinajstić information content (AvgIpc) is 3.37. The van der Waals surface area contributed by atoms with Crippen LogP contribution >= 0.6 is 0 Å². The predicted octanol–water partition coefficient (Wildman–Crippen LogP) is 2.04. The number of halogens is 3. The molecule has 8 nitrogen and oxygen atoms in total. The van der Waals surface area contributed by atoms with Gasteiger partial charge in [0.25, 0.3) is 0 Å². The number of hydrogen-bond donors (Lipinski definition) is 1. The first kappa shape index (κ1) is 33.0. The minimum Gasteiger partial charge on any atom is -0.550 e. The Hall–Kier alpha value is -3.55. The number of likely N-dealkylation sites (tertiary alicyclic amines) is 1. The van der Waals surface area contributed by atoms with Crippen molar-refractivity contribution in [2.24, 2.45) is 0 Å². The molecule has 1 N–H and O–H groups in total. The zero-order valence-corrected chi connectivity index (χ0v) is 24.1. The van der Waals surface area contributed by atoms with Crippen molar-refractivity contribution >= 4 is 23.7 Å². The molecule has 0 bridgehead atoms. The van der Waals surface area contributed by atoms with E-state index in [9.17, 15) is 27.9 Å². The van der Waals surface area contributed by atoms with Crippen LogP contribution in [0.2, 0.25) is 0 Å². The molecule has 0 saturated carbocycles. The molecule has 2 heterocycles. The van der Waals surface area contributed by atoms with Crippen molar-refractivity contribution in [2.45, 2.75) is 64.1 Å². The number of carboxylic acid groups (broad SMARTS) is 1. The number of nitrogens with one attached hydrogen (secondary N) is 1. The number of hydrogen-bond acceptors (Lipinski definition) is 7. The molecule has 3 aromatic rings. The number of aromatic nitrogens is 2. The fraction of sp³-hybridized carbons (Fsp3) is 0.400. The van der Waals surface area contributed by atoms with Crippen molar-refractivity contribution in [3.05, 3.63) is 82.7 Å². The molecular formula is C30H32F3LiN4O4. The Kier molecular flexibility index (Phi) is 10.7. The second kappa shape index (κ2) is 13.6. The third-order valence-corrected chi connectivity index (χ3v) is 6.74. The first-order chi connectivity index (χ1) is 19.3. The average molecular weight is 577 g/mol. The van der Waals surface area contributed by atoms with Gasteiger partial charge in [-0.05, 0) is 68.9 Å². The van der Waals surface area contributed by atoms with Crippen molar-refractivity contribution in [3.63, 3.8) is 0 Å². The number of aryl methyl sites for hydroxylation is 2. The van der Waals surface area contributed by atoms with Gasteiger partial charge in [-0.1, -0.05) is 36.4 Å². The SMILES string of the molecule is CC(C)(C)OC(=O)N1CCC(c2ccc(Nc3ncc(C(F)(F)F)c(CCc4ccccc4CC(=O)[O-])n3)cc2)C1.[Li+]. The van der Waals surface area contributed by atoms with Crippen LogP contribution in [0.5, 0.6) is 0 Å². The van der Waals surface area contributed by atoms with Crippen molar-refractivity contribution in [1.82, 2.24) is 14.9 Å². The Morgan fingerprint density at radius 3 is 2.33 bits per heavy atom. The van der Waals surface area contributed by atoms with E-state index >= 15 is 0 Å². The van der Waals surface area contributed by atoms with Crippen molar-refractivity contribution < 1.29 is 51.5 Å². The van der Waals surface area contributed by atoms with Crippen LogP contribution in [-0.2, 0) is 35.0 Å². The van der Waals surface area contributed by atoms with Crippen LogP contribution in [0.25, 0.3) is 0 Å². The molecule has 1 amide bonds. The summed E-state index contributed by atoms with van der Waals surface area (Å²) in [7, 11) is 0. The minimum atomic E-state index is -4.64. The summed E-state index contributed by atoms with van der Waals surface area (Å²) in [5.41, 5.74) is 1.04. The molecule has 4 rings (SSSR count). The number of ether oxygens (including phenoxy) is 1. The fourth-order valence-corrected chi connectivity index (χ4v) is 4.78. The van der Waals surface area contributed by atoms with Gasteiger partial charge in [0.1, 0.15) is 5.60 Å². The predicted molar refractivity (Wildman–Crippen MR) is 144 cm³/mol. The van der Waals surface area contributed by atoms with E-state index in [1.165, 1.54) is 0 Å². The molecule has 1 unspecified atom stereocenters. The number of anilines is 2. The molecule has 0 aliphatic carbocycles. The van der Waals surface area contributed by atoms with Gasteiger partial charge in [-0.15, -0.1) is 0 Å². The zero-order chi connectivity index (χ0) is 29.8. The minimum absolute atomic E-state index is 0. The standard InChI is InChI=1S/C30H33F3N4O4.Li/c1-29(2,3)41-28(40)37-15-14-22(18-37)20-8-11-23(12-9-20)35-27-34-17-24(30(31,32)33)25(36-27)13-10-19-6-4-5-7-21(19)16-26(38)39;/h4-9,11-12,17,22H,10,13-16,18H2,1-3H3,(H,38,39)(H,34,35,36);/q;+1/p-1. The quantitative estimate of drug-likeness (QED) is 0.409. The monoisotopic (exact) mass is 576 g/mol. The molecule has 0 spiro atoms. The Morgan fingerprint density at radius 2 is 1.71 bits per heavy atom. The maximum Gasteiger partial charge on any atom is 1.00 e. The van der Waals surface area contributed by atoms with Crippen LogP contribution in [-0.4, -0.2) is 45.6 Å². The van der Waals surface area contributed by atoms with E-state index in [0.717, 1.165) is 18.2 Å². The third kappa shape index (κ3) is 8.97. The maximum atomic E-state index is 13.7. The van der Waals surface area contributed by atoms with Crippen molar-refractivity contribution in [1.29, 1.82) is 0 Å². The van der Waals surface area contributed by atoms with Crippen LogP contribution in [0.1, 0.15) is 61.1 Å². The number of carbonyl (C=O) groups is 2. The summed E-state index contributed by atoms with van der Waals surface area (Å²) >= 11 is 0. The van der Waals surface area contributed by atoms with E-state index in [4.69, 9.17) is 4.74 Å². The summed E-state index contributed by atoms with van der Waals surface area (Å²) < 4.78 is 46.6. The smallest absolute Gasteiger partial charge is 0.550 e. The molecule has 42 heavy (non-hydrogen) atoms. The van der Waals surface area contributed by atoms with Gasteiger partial charge >= 0.3 is 31.1 Å². The topological polar surface area (TPSA) is 107 Å². The van der Waals surface area contributed by atoms with Gasteiger partial charge in [0.05, 0.1) is 11.3 Å². The number of aliphatic carboxylic acids is 1. The number of nitrogens with zero attached hydrogens (tertiary/aromatic N) is 3. The second-order valence-electron chi connectivity index (χ2n) is 11.0. The van der Waals surface area contributed by atoms with Gasteiger partial charge in [-0.3, -0.25) is 0 Å². The summed E-state index contributed by atoms with van der Waals surface area (Å²) in [5.74, 6) is -1.10. The van der Waals surface area contributed by atoms with E-state index in [1.807, 2.05) is 32.9 Å². The van der Waals surface area contributed by atoms with Gasteiger partial charge in [-0.2, -0.15) is 13.2 Å². The van der Waals surface area contributed by atoms with E-state index in [0.29, 0.717) is 29.9 Å². The molecule has 1 aliphatic rings. The number of benzene rings is 2. The number of carbonyl (C=O) groups excluding carboxylic acids is 2. The second-order valence-corrected chi connectivity index (χ2v) is 11.0. The van der Waals surface area contributed by atoms with Crippen LogP contribution in [0.3, 0.4) is 0 Å². The van der Waals surface area contributed by atoms with Crippen LogP contribution in [0.4, 0.5) is 29.6 Å².